The van der Waals surface area contributed by atoms with Crippen molar-refractivity contribution in [2.24, 2.45) is 0 Å². The van der Waals surface area contributed by atoms with Gasteiger partial charge in [0, 0.05) is 22.2 Å². The molecule has 5 heteroatoms. The Labute approximate surface area is 120 Å². The van der Waals surface area contributed by atoms with Crippen LogP contribution in [-0.2, 0) is 0 Å². The van der Waals surface area contributed by atoms with Gasteiger partial charge in [0.1, 0.15) is 5.75 Å². The summed E-state index contributed by atoms with van der Waals surface area (Å²) >= 11 is 7.32. The average Bonchev–Trinajstić information content (AvgIpc) is 2.43. The van der Waals surface area contributed by atoms with Crippen molar-refractivity contribution in [2.75, 3.05) is 11.6 Å². The third-order valence-corrected chi connectivity index (χ3v) is 3.62. The van der Waals surface area contributed by atoms with Gasteiger partial charge in [0.15, 0.2) is 0 Å². The number of benzene rings is 2. The molecule has 19 heavy (non-hydrogen) atoms. The van der Waals surface area contributed by atoms with Crippen LogP contribution in [0, 0.1) is 0 Å². The van der Waals surface area contributed by atoms with Crippen LogP contribution < -0.4 is 5.32 Å². The first kappa shape index (κ1) is 13.8. The number of carbonyl (C=O) groups is 1. The van der Waals surface area contributed by atoms with Gasteiger partial charge in [-0.1, -0.05) is 11.6 Å². The molecule has 0 saturated carbocycles. The van der Waals surface area contributed by atoms with Crippen LogP contribution in [0.2, 0.25) is 5.02 Å². The highest BCUT2D eigenvalue weighted by atomic mass is 35.5. The number of aromatic hydroxyl groups is 1. The van der Waals surface area contributed by atoms with Crippen LogP contribution >= 0.6 is 23.4 Å². The maximum atomic E-state index is 12.0. The minimum Gasteiger partial charge on any atom is -0.506 e. The molecule has 98 valence electrons. The molecule has 0 heterocycles. The van der Waals surface area contributed by atoms with E-state index in [-0.39, 0.29) is 16.7 Å². The Morgan fingerprint density at radius 1 is 1.21 bits per heavy atom. The van der Waals surface area contributed by atoms with Crippen molar-refractivity contribution in [1.82, 2.24) is 0 Å². The SMILES string of the molecule is CSc1ccc(C(=O)Nc2ccc(Cl)c(O)c2)cc1. The third kappa shape index (κ3) is 3.43. The molecular weight excluding hydrogens is 282 g/mol. The first-order valence-corrected chi connectivity index (χ1v) is 7.14. The van der Waals surface area contributed by atoms with Crippen molar-refractivity contribution in [2.45, 2.75) is 4.90 Å². The quantitative estimate of drug-likeness (QED) is 0.840. The molecule has 2 aromatic rings. The largest absolute Gasteiger partial charge is 0.506 e. The maximum Gasteiger partial charge on any atom is 0.255 e. The number of hydrogen-bond acceptors (Lipinski definition) is 3. The zero-order valence-corrected chi connectivity index (χ0v) is 11.8. The number of thioether (sulfide) groups is 1. The van der Waals surface area contributed by atoms with Crippen LogP contribution in [0.3, 0.4) is 0 Å². The molecule has 0 radical (unpaired) electrons. The summed E-state index contributed by atoms with van der Waals surface area (Å²) in [6.45, 7) is 0. The van der Waals surface area contributed by atoms with E-state index in [4.69, 9.17) is 11.6 Å². The van der Waals surface area contributed by atoms with Crippen molar-refractivity contribution in [1.29, 1.82) is 0 Å². The lowest BCUT2D eigenvalue weighted by atomic mass is 10.2. The molecule has 2 aromatic carbocycles. The number of carbonyl (C=O) groups excluding carboxylic acids is 1. The predicted molar refractivity (Wildman–Crippen MR) is 79.3 cm³/mol. The van der Waals surface area contributed by atoms with Crippen LogP contribution in [0.25, 0.3) is 0 Å². The number of phenols is 1. The standard InChI is InChI=1S/C14H12ClNO2S/c1-19-11-5-2-9(3-6-11)14(18)16-10-4-7-12(15)13(17)8-10/h2-8,17H,1H3,(H,16,18). The second kappa shape index (κ2) is 5.99. The molecule has 2 N–H and O–H groups in total. The van der Waals surface area contributed by atoms with Crippen molar-refractivity contribution in [3.63, 3.8) is 0 Å². The average molecular weight is 294 g/mol. The highest BCUT2D eigenvalue weighted by molar-refractivity contribution is 7.98. The van der Waals surface area contributed by atoms with E-state index < -0.39 is 0 Å². The summed E-state index contributed by atoms with van der Waals surface area (Å²) in [5.74, 6) is -0.286. The highest BCUT2D eigenvalue weighted by Gasteiger charge is 2.07. The number of anilines is 1. The second-order valence-electron chi connectivity index (χ2n) is 3.85. The van der Waals surface area contributed by atoms with E-state index in [1.807, 2.05) is 18.4 Å². The Bertz CT molecular complexity index is 599. The molecule has 0 aromatic heterocycles. The normalized spacial score (nSPS) is 10.2. The van der Waals surface area contributed by atoms with E-state index >= 15 is 0 Å². The highest BCUT2D eigenvalue weighted by Crippen LogP contribution is 2.26. The number of phenolic OH excluding ortho intramolecular Hbond substituents is 1. The number of nitrogens with one attached hydrogen (secondary N) is 1. The van der Waals surface area contributed by atoms with Crippen molar-refractivity contribution < 1.29 is 9.90 Å². The van der Waals surface area contributed by atoms with Gasteiger partial charge in [-0.25, -0.2) is 0 Å². The summed E-state index contributed by atoms with van der Waals surface area (Å²) in [5.41, 5.74) is 1.06. The van der Waals surface area contributed by atoms with Crippen molar-refractivity contribution >= 4 is 35.0 Å². The predicted octanol–water partition coefficient (Wildman–Crippen LogP) is 4.02. The van der Waals surface area contributed by atoms with Crippen LogP contribution in [0.5, 0.6) is 5.75 Å². The van der Waals surface area contributed by atoms with Gasteiger partial charge < -0.3 is 10.4 Å². The summed E-state index contributed by atoms with van der Waals surface area (Å²) in [6, 6.07) is 11.9. The summed E-state index contributed by atoms with van der Waals surface area (Å²) in [5, 5.41) is 12.4. The van der Waals surface area contributed by atoms with Gasteiger partial charge in [-0.3, -0.25) is 4.79 Å². The van der Waals surface area contributed by atoms with Gasteiger partial charge in [-0.2, -0.15) is 0 Å². The molecule has 0 spiro atoms. The zero-order valence-electron chi connectivity index (χ0n) is 10.2. The molecule has 3 nitrogen and oxygen atoms in total. The molecule has 0 aliphatic rings. The minimum atomic E-state index is -0.227. The molecule has 1 amide bonds. The smallest absolute Gasteiger partial charge is 0.255 e. The number of halogens is 1. The van der Waals surface area contributed by atoms with E-state index in [1.165, 1.54) is 12.1 Å². The third-order valence-electron chi connectivity index (χ3n) is 2.56. The second-order valence-corrected chi connectivity index (χ2v) is 5.14. The molecule has 0 atom stereocenters. The Kier molecular flexibility index (Phi) is 4.35. The summed E-state index contributed by atoms with van der Waals surface area (Å²) in [6.07, 6.45) is 1.98. The fourth-order valence-electron chi connectivity index (χ4n) is 1.54. The zero-order chi connectivity index (χ0) is 13.8. The molecular formula is C14H12ClNO2S. The molecule has 0 aliphatic carbocycles. The first-order valence-electron chi connectivity index (χ1n) is 5.54. The van der Waals surface area contributed by atoms with E-state index in [0.717, 1.165) is 4.90 Å². The van der Waals surface area contributed by atoms with Gasteiger partial charge in [-0.05, 0) is 42.7 Å². The van der Waals surface area contributed by atoms with E-state index in [2.05, 4.69) is 5.32 Å². The van der Waals surface area contributed by atoms with Crippen molar-refractivity contribution in [3.05, 3.63) is 53.1 Å². The lowest BCUT2D eigenvalue weighted by Gasteiger charge is -2.07. The van der Waals surface area contributed by atoms with Crippen LogP contribution in [0.15, 0.2) is 47.4 Å². The van der Waals surface area contributed by atoms with Gasteiger partial charge in [0.25, 0.3) is 5.91 Å². The summed E-state index contributed by atoms with van der Waals surface area (Å²) in [7, 11) is 0. The molecule has 0 unspecified atom stereocenters. The van der Waals surface area contributed by atoms with Gasteiger partial charge in [-0.15, -0.1) is 11.8 Å². The molecule has 0 bridgehead atoms. The van der Waals surface area contributed by atoms with E-state index in [0.29, 0.717) is 11.3 Å². The van der Waals surface area contributed by atoms with Gasteiger partial charge in [0.2, 0.25) is 0 Å². The van der Waals surface area contributed by atoms with Crippen LogP contribution in [-0.4, -0.2) is 17.3 Å². The van der Waals surface area contributed by atoms with Crippen LogP contribution in [0.4, 0.5) is 5.69 Å². The Balaban J connectivity index is 2.13. The van der Waals surface area contributed by atoms with E-state index in [9.17, 15) is 9.90 Å². The van der Waals surface area contributed by atoms with Crippen LogP contribution in [0.1, 0.15) is 10.4 Å². The Hall–Kier alpha value is -1.65. The molecule has 0 saturated heterocycles. The minimum absolute atomic E-state index is 0.0582. The number of rotatable bonds is 3. The van der Waals surface area contributed by atoms with Crippen molar-refractivity contribution in [3.8, 4) is 5.75 Å². The topological polar surface area (TPSA) is 49.3 Å². The first-order chi connectivity index (χ1) is 9.10. The Morgan fingerprint density at radius 2 is 1.89 bits per heavy atom. The Morgan fingerprint density at radius 3 is 2.47 bits per heavy atom. The maximum absolute atomic E-state index is 12.0. The number of amides is 1. The number of hydrogen-bond donors (Lipinski definition) is 2. The lowest BCUT2D eigenvalue weighted by molar-refractivity contribution is 0.102. The summed E-state index contributed by atoms with van der Waals surface area (Å²) in [4.78, 5) is 13.1. The van der Waals surface area contributed by atoms with Gasteiger partial charge >= 0.3 is 0 Å². The summed E-state index contributed by atoms with van der Waals surface area (Å²) < 4.78 is 0. The fraction of sp³-hybridized carbons (Fsp3) is 0.0714. The molecule has 2 rings (SSSR count). The molecule has 0 aliphatic heterocycles. The van der Waals surface area contributed by atoms with Gasteiger partial charge in [0.05, 0.1) is 5.02 Å². The fourth-order valence-corrected chi connectivity index (χ4v) is 2.06. The molecule has 0 fully saturated rings. The monoisotopic (exact) mass is 293 g/mol. The van der Waals surface area contributed by atoms with E-state index in [1.54, 1.807) is 30.0 Å². The lowest BCUT2D eigenvalue weighted by Crippen LogP contribution is -2.11.